The Bertz CT molecular complexity index is 963. The van der Waals surface area contributed by atoms with Crippen LogP contribution >= 0.6 is 11.6 Å². The summed E-state index contributed by atoms with van der Waals surface area (Å²) in [6.45, 7) is 1.82. The number of alkyl halides is 3. The molecule has 0 spiro atoms. The Morgan fingerprint density at radius 2 is 1.81 bits per heavy atom. The summed E-state index contributed by atoms with van der Waals surface area (Å²) >= 11 is 6.01. The molecule has 0 aliphatic rings. The molecule has 0 bridgehead atoms. The Labute approximate surface area is 152 Å². The van der Waals surface area contributed by atoms with Crippen LogP contribution in [0.25, 0.3) is 11.3 Å². The summed E-state index contributed by atoms with van der Waals surface area (Å²) < 4.78 is 44.7. The molecule has 3 aromatic rings. The fraction of sp³-hybridized carbons (Fsp3) is 0.105. The van der Waals surface area contributed by atoms with Gasteiger partial charge in [0, 0.05) is 16.3 Å². The van der Waals surface area contributed by atoms with E-state index in [4.69, 9.17) is 16.0 Å². The summed E-state index contributed by atoms with van der Waals surface area (Å²) in [4.78, 5) is 12.3. The van der Waals surface area contributed by atoms with E-state index in [1.54, 1.807) is 18.2 Å². The van der Waals surface area contributed by atoms with Gasteiger partial charge in [0.25, 0.3) is 5.91 Å². The highest BCUT2D eigenvalue weighted by molar-refractivity contribution is 6.31. The van der Waals surface area contributed by atoms with Crippen LogP contribution in [0, 0.1) is 6.92 Å². The van der Waals surface area contributed by atoms with Gasteiger partial charge in [-0.3, -0.25) is 4.79 Å². The molecule has 0 aliphatic heterocycles. The summed E-state index contributed by atoms with van der Waals surface area (Å²) in [5.74, 6) is -0.723. The second-order valence-corrected chi connectivity index (χ2v) is 6.03. The van der Waals surface area contributed by atoms with E-state index in [0.29, 0.717) is 10.7 Å². The second kappa shape index (κ2) is 6.88. The Kier molecular flexibility index (Phi) is 4.78. The van der Waals surface area contributed by atoms with Gasteiger partial charge in [0.1, 0.15) is 5.76 Å². The minimum atomic E-state index is -4.52. The normalized spacial score (nSPS) is 11.4. The molecule has 0 radical (unpaired) electrons. The summed E-state index contributed by atoms with van der Waals surface area (Å²) in [7, 11) is 0. The molecule has 0 saturated heterocycles. The number of furan rings is 1. The molecular formula is C19H13ClF3NO2. The van der Waals surface area contributed by atoms with E-state index in [-0.39, 0.29) is 17.1 Å². The van der Waals surface area contributed by atoms with E-state index in [9.17, 15) is 18.0 Å². The highest BCUT2D eigenvalue weighted by atomic mass is 35.5. The standard InChI is InChI=1S/C19H13ClF3NO2/c1-11-6-7-12(10-15(11)20)24-18(25)17-9-8-16(26-17)13-4-2-3-5-14(13)19(21,22)23/h2-10H,1H3,(H,24,25). The number of carbonyl (C=O) groups is 1. The lowest BCUT2D eigenvalue weighted by Crippen LogP contribution is -2.10. The van der Waals surface area contributed by atoms with E-state index in [1.807, 2.05) is 6.92 Å². The van der Waals surface area contributed by atoms with Crippen molar-refractivity contribution in [2.24, 2.45) is 0 Å². The smallest absolute Gasteiger partial charge is 0.417 e. The summed E-state index contributed by atoms with van der Waals surface area (Å²) in [6.07, 6.45) is -4.52. The lowest BCUT2D eigenvalue weighted by Gasteiger charge is -2.10. The number of nitrogens with one attached hydrogen (secondary N) is 1. The van der Waals surface area contributed by atoms with Crippen LogP contribution in [-0.4, -0.2) is 5.91 Å². The number of amides is 1. The Balaban J connectivity index is 1.86. The second-order valence-electron chi connectivity index (χ2n) is 5.63. The maximum Gasteiger partial charge on any atom is 0.417 e. The fourth-order valence-electron chi connectivity index (χ4n) is 2.41. The first-order chi connectivity index (χ1) is 12.3. The van der Waals surface area contributed by atoms with Crippen LogP contribution in [0.1, 0.15) is 21.7 Å². The van der Waals surface area contributed by atoms with E-state index >= 15 is 0 Å². The number of anilines is 1. The van der Waals surface area contributed by atoms with Crippen LogP contribution in [0.15, 0.2) is 59.0 Å². The van der Waals surface area contributed by atoms with Gasteiger partial charge in [0.15, 0.2) is 5.76 Å². The third kappa shape index (κ3) is 3.75. The van der Waals surface area contributed by atoms with E-state index in [1.165, 1.54) is 30.3 Å². The van der Waals surface area contributed by atoms with Crippen molar-refractivity contribution in [3.8, 4) is 11.3 Å². The first-order valence-electron chi connectivity index (χ1n) is 7.59. The number of hydrogen-bond acceptors (Lipinski definition) is 2. The van der Waals surface area contributed by atoms with Crippen LogP contribution in [0.2, 0.25) is 5.02 Å². The van der Waals surface area contributed by atoms with Gasteiger partial charge in [-0.15, -0.1) is 0 Å². The largest absolute Gasteiger partial charge is 0.451 e. The summed E-state index contributed by atoms with van der Waals surface area (Å²) in [5, 5.41) is 3.08. The first-order valence-corrected chi connectivity index (χ1v) is 7.97. The topological polar surface area (TPSA) is 42.2 Å². The number of aryl methyl sites for hydroxylation is 1. The molecule has 134 valence electrons. The predicted molar refractivity (Wildman–Crippen MR) is 93.3 cm³/mol. The van der Waals surface area contributed by atoms with Gasteiger partial charge < -0.3 is 9.73 Å². The molecule has 1 aromatic heterocycles. The number of halogens is 4. The number of benzene rings is 2. The van der Waals surface area contributed by atoms with Crippen molar-refractivity contribution >= 4 is 23.2 Å². The molecule has 3 rings (SSSR count). The van der Waals surface area contributed by atoms with E-state index in [0.717, 1.165) is 11.6 Å². The van der Waals surface area contributed by atoms with Crippen LogP contribution in [0.5, 0.6) is 0 Å². The summed E-state index contributed by atoms with van der Waals surface area (Å²) in [6, 6.07) is 12.7. The maximum absolute atomic E-state index is 13.1. The van der Waals surface area contributed by atoms with Crippen molar-refractivity contribution in [3.63, 3.8) is 0 Å². The predicted octanol–water partition coefficient (Wildman–Crippen LogP) is 6.18. The lowest BCUT2D eigenvalue weighted by molar-refractivity contribution is -0.137. The molecule has 0 fully saturated rings. The lowest BCUT2D eigenvalue weighted by atomic mass is 10.1. The molecule has 1 heterocycles. The van der Waals surface area contributed by atoms with E-state index in [2.05, 4.69) is 5.32 Å². The highest BCUT2D eigenvalue weighted by Crippen LogP contribution is 2.37. The molecule has 0 unspecified atom stereocenters. The minimum Gasteiger partial charge on any atom is -0.451 e. The Morgan fingerprint density at radius 3 is 2.50 bits per heavy atom. The van der Waals surface area contributed by atoms with Crippen molar-refractivity contribution < 1.29 is 22.4 Å². The van der Waals surface area contributed by atoms with Gasteiger partial charge in [-0.2, -0.15) is 13.2 Å². The molecule has 0 saturated carbocycles. The molecule has 7 heteroatoms. The van der Waals surface area contributed by atoms with Gasteiger partial charge in [-0.05, 0) is 42.8 Å². The van der Waals surface area contributed by atoms with Gasteiger partial charge in [0.05, 0.1) is 5.56 Å². The number of hydrogen-bond donors (Lipinski definition) is 1. The summed E-state index contributed by atoms with van der Waals surface area (Å²) in [5.41, 5.74) is 0.358. The van der Waals surface area contributed by atoms with Crippen molar-refractivity contribution in [2.45, 2.75) is 13.1 Å². The third-order valence-corrected chi connectivity index (χ3v) is 4.16. The van der Waals surface area contributed by atoms with Gasteiger partial charge in [-0.1, -0.05) is 35.9 Å². The SMILES string of the molecule is Cc1ccc(NC(=O)c2ccc(-c3ccccc3C(F)(F)F)o2)cc1Cl. The van der Waals surface area contributed by atoms with Gasteiger partial charge >= 0.3 is 6.18 Å². The maximum atomic E-state index is 13.1. The van der Waals surface area contributed by atoms with Crippen LogP contribution in [-0.2, 0) is 6.18 Å². The van der Waals surface area contributed by atoms with Gasteiger partial charge in [-0.25, -0.2) is 0 Å². The molecule has 0 aliphatic carbocycles. The average Bonchev–Trinajstić information content (AvgIpc) is 3.07. The Hall–Kier alpha value is -2.73. The van der Waals surface area contributed by atoms with Crippen LogP contribution < -0.4 is 5.32 Å². The zero-order valence-electron chi connectivity index (χ0n) is 13.5. The molecular weight excluding hydrogens is 367 g/mol. The van der Waals surface area contributed by atoms with Crippen molar-refractivity contribution in [2.75, 3.05) is 5.32 Å². The molecule has 2 aromatic carbocycles. The fourth-order valence-corrected chi connectivity index (χ4v) is 2.59. The quantitative estimate of drug-likeness (QED) is 0.590. The van der Waals surface area contributed by atoms with Crippen molar-refractivity contribution in [1.29, 1.82) is 0 Å². The molecule has 26 heavy (non-hydrogen) atoms. The number of carbonyl (C=O) groups excluding carboxylic acids is 1. The monoisotopic (exact) mass is 379 g/mol. The molecule has 0 atom stereocenters. The van der Waals surface area contributed by atoms with E-state index < -0.39 is 17.6 Å². The van der Waals surface area contributed by atoms with Crippen LogP contribution in [0.3, 0.4) is 0 Å². The van der Waals surface area contributed by atoms with Crippen molar-refractivity contribution in [1.82, 2.24) is 0 Å². The average molecular weight is 380 g/mol. The molecule has 1 amide bonds. The highest BCUT2D eigenvalue weighted by Gasteiger charge is 2.34. The molecule has 3 nitrogen and oxygen atoms in total. The van der Waals surface area contributed by atoms with Crippen LogP contribution in [0.4, 0.5) is 18.9 Å². The Morgan fingerprint density at radius 1 is 1.08 bits per heavy atom. The third-order valence-electron chi connectivity index (χ3n) is 3.76. The first kappa shape index (κ1) is 18.1. The van der Waals surface area contributed by atoms with Crippen molar-refractivity contribution in [3.05, 3.63) is 76.5 Å². The zero-order chi connectivity index (χ0) is 18.9. The zero-order valence-corrected chi connectivity index (χ0v) is 14.3. The van der Waals surface area contributed by atoms with Gasteiger partial charge in [0.2, 0.25) is 0 Å². The minimum absolute atomic E-state index is 0.0370. The number of rotatable bonds is 3. The molecule has 1 N–H and O–H groups in total.